The van der Waals surface area contributed by atoms with Crippen molar-refractivity contribution < 1.29 is 0 Å². The molecule has 0 saturated carbocycles. The molecule has 0 atom stereocenters. The van der Waals surface area contributed by atoms with Crippen LogP contribution in [0.1, 0.15) is 30.8 Å². The largest absolute Gasteiger partial charge is 0.372 e. The van der Waals surface area contributed by atoms with E-state index in [1.54, 1.807) is 11.3 Å². The Morgan fingerprint density at radius 1 is 0.938 bits per heavy atom. The summed E-state index contributed by atoms with van der Waals surface area (Å²) >= 11 is 1.62. The number of thiophene rings is 1. The topological polar surface area (TPSA) is 58.7 Å². The summed E-state index contributed by atoms with van der Waals surface area (Å²) in [5.41, 5.74) is 5.79. The molecule has 7 heteroatoms. The van der Waals surface area contributed by atoms with Crippen LogP contribution in [0.2, 0.25) is 0 Å². The smallest absolute Gasteiger partial charge is 0.206 e. The average Bonchev–Trinajstić information content (AvgIpc) is 3.55. The number of rotatable bonds is 6. The molecule has 3 heterocycles. The minimum Gasteiger partial charge on any atom is -0.372 e. The number of benzene rings is 2. The van der Waals surface area contributed by atoms with Crippen molar-refractivity contribution in [3.05, 3.63) is 83.0 Å². The van der Waals surface area contributed by atoms with E-state index in [4.69, 9.17) is 10.1 Å². The number of aliphatic imine (C=N–C) groups is 1. The number of aromatic nitrogens is 3. The molecule has 32 heavy (non-hydrogen) atoms. The van der Waals surface area contributed by atoms with E-state index in [-0.39, 0.29) is 0 Å². The standard InChI is InChI=1S/C25H24N6S/c1-4-30(5-2)19-13-14-20(17(3)16-19)26-23-22(18-10-7-6-8-11-18)29-31-24(27-28-25(23)31)21-12-9-15-32-21/h6-16H,4-5H2,1-3H3. The van der Waals surface area contributed by atoms with Gasteiger partial charge in [-0.2, -0.15) is 9.78 Å². The Balaban J connectivity index is 1.63. The van der Waals surface area contributed by atoms with E-state index in [2.05, 4.69) is 66.2 Å². The summed E-state index contributed by atoms with van der Waals surface area (Å²) in [5, 5.41) is 15.8. The second kappa shape index (κ2) is 8.51. The van der Waals surface area contributed by atoms with Crippen molar-refractivity contribution in [1.29, 1.82) is 0 Å². The third-order valence-electron chi connectivity index (χ3n) is 5.61. The maximum Gasteiger partial charge on any atom is 0.206 e. The molecule has 0 fully saturated rings. The van der Waals surface area contributed by atoms with Crippen LogP contribution in [0.4, 0.5) is 11.4 Å². The van der Waals surface area contributed by atoms with Gasteiger partial charge >= 0.3 is 0 Å². The van der Waals surface area contributed by atoms with Crippen molar-refractivity contribution in [2.75, 3.05) is 18.0 Å². The van der Waals surface area contributed by atoms with Crippen molar-refractivity contribution in [3.8, 4) is 10.7 Å². The van der Waals surface area contributed by atoms with Gasteiger partial charge < -0.3 is 4.90 Å². The normalized spacial score (nSPS) is 14.0. The Hall–Kier alpha value is -3.58. The zero-order chi connectivity index (χ0) is 22.1. The summed E-state index contributed by atoms with van der Waals surface area (Å²) in [6.45, 7) is 8.40. The molecule has 0 unspecified atom stereocenters. The second-order valence-electron chi connectivity index (χ2n) is 7.55. The Bertz CT molecular complexity index is 1300. The predicted octanol–water partition coefficient (Wildman–Crippen LogP) is 5.55. The van der Waals surface area contributed by atoms with Crippen molar-refractivity contribution in [2.24, 2.45) is 10.1 Å². The molecule has 160 valence electrons. The van der Waals surface area contributed by atoms with Crippen molar-refractivity contribution in [2.45, 2.75) is 20.8 Å². The molecular weight excluding hydrogens is 416 g/mol. The van der Waals surface area contributed by atoms with E-state index < -0.39 is 0 Å². The van der Waals surface area contributed by atoms with E-state index in [0.717, 1.165) is 52.0 Å². The van der Waals surface area contributed by atoms with Crippen LogP contribution in [0.15, 0.2) is 76.1 Å². The Kier molecular flexibility index (Phi) is 5.41. The number of anilines is 1. The van der Waals surface area contributed by atoms with Gasteiger partial charge in [0, 0.05) is 24.3 Å². The summed E-state index contributed by atoms with van der Waals surface area (Å²) in [6, 6.07) is 20.6. The molecule has 6 nitrogen and oxygen atoms in total. The van der Waals surface area contributed by atoms with Crippen LogP contribution in [0.3, 0.4) is 0 Å². The Labute approximate surface area is 191 Å². The zero-order valence-corrected chi connectivity index (χ0v) is 19.2. The summed E-state index contributed by atoms with van der Waals surface area (Å²) in [5.74, 6) is 1.40. The average molecular weight is 441 g/mol. The minimum atomic E-state index is 0.666. The van der Waals surface area contributed by atoms with Gasteiger partial charge in [-0.3, -0.25) is 0 Å². The van der Waals surface area contributed by atoms with Crippen LogP contribution < -0.4 is 4.90 Å². The van der Waals surface area contributed by atoms with Gasteiger partial charge in [-0.15, -0.1) is 21.5 Å². The molecule has 4 aromatic rings. The quantitative estimate of drug-likeness (QED) is 0.395. The van der Waals surface area contributed by atoms with Gasteiger partial charge in [0.05, 0.1) is 10.6 Å². The molecule has 0 N–H and O–H groups in total. The molecule has 0 bridgehead atoms. The molecule has 1 aliphatic heterocycles. The first-order chi connectivity index (χ1) is 15.7. The SMILES string of the molecule is CCN(CC)c1ccc(N=C2C(c3ccccc3)=Nn3c2nnc3-c2cccs2)c(C)c1. The fourth-order valence-corrected chi connectivity index (χ4v) is 4.59. The lowest BCUT2D eigenvalue weighted by atomic mass is 10.1. The third-order valence-corrected chi connectivity index (χ3v) is 6.47. The van der Waals surface area contributed by atoms with Crippen molar-refractivity contribution in [3.63, 3.8) is 0 Å². The van der Waals surface area contributed by atoms with Gasteiger partial charge in [0.15, 0.2) is 5.82 Å². The maximum atomic E-state index is 5.05. The third kappa shape index (κ3) is 3.54. The number of aryl methyl sites for hydroxylation is 1. The highest BCUT2D eigenvalue weighted by atomic mass is 32.1. The van der Waals surface area contributed by atoms with Gasteiger partial charge in [0.25, 0.3) is 0 Å². The first-order valence-electron chi connectivity index (χ1n) is 10.8. The van der Waals surface area contributed by atoms with Gasteiger partial charge in [-0.1, -0.05) is 36.4 Å². The molecule has 0 radical (unpaired) electrons. The van der Waals surface area contributed by atoms with Gasteiger partial charge in [-0.25, -0.2) is 4.99 Å². The van der Waals surface area contributed by atoms with E-state index >= 15 is 0 Å². The van der Waals surface area contributed by atoms with Crippen molar-refractivity contribution in [1.82, 2.24) is 14.9 Å². The second-order valence-corrected chi connectivity index (χ2v) is 8.50. The van der Waals surface area contributed by atoms with Crippen LogP contribution in [0, 0.1) is 6.92 Å². The molecule has 0 saturated heterocycles. The molecule has 0 aliphatic carbocycles. The number of fused-ring (bicyclic) bond motifs is 1. The highest BCUT2D eigenvalue weighted by Gasteiger charge is 2.30. The number of hydrogen-bond acceptors (Lipinski definition) is 6. The molecule has 5 rings (SSSR count). The van der Waals surface area contributed by atoms with Crippen molar-refractivity contribution >= 4 is 34.1 Å². The summed E-state index contributed by atoms with van der Waals surface area (Å²) in [7, 11) is 0. The molecule has 2 aromatic heterocycles. The fourth-order valence-electron chi connectivity index (χ4n) is 3.90. The number of hydrogen-bond donors (Lipinski definition) is 0. The Morgan fingerprint density at radius 3 is 2.41 bits per heavy atom. The summed E-state index contributed by atoms with van der Waals surface area (Å²) in [6.07, 6.45) is 0. The highest BCUT2D eigenvalue weighted by molar-refractivity contribution is 7.13. The predicted molar refractivity (Wildman–Crippen MR) is 133 cm³/mol. The first kappa shape index (κ1) is 20.3. The van der Waals surface area contributed by atoms with Gasteiger partial charge in [0.1, 0.15) is 11.4 Å². The first-order valence-corrected chi connectivity index (χ1v) is 11.7. The maximum absolute atomic E-state index is 5.05. The molecular formula is C25H24N6S. The monoisotopic (exact) mass is 440 g/mol. The van der Waals surface area contributed by atoms with Crippen LogP contribution in [-0.4, -0.2) is 39.4 Å². The zero-order valence-electron chi connectivity index (χ0n) is 18.4. The van der Waals surface area contributed by atoms with E-state index in [9.17, 15) is 0 Å². The summed E-state index contributed by atoms with van der Waals surface area (Å²) in [4.78, 5) is 8.41. The van der Waals surface area contributed by atoms with Crippen LogP contribution in [0.5, 0.6) is 0 Å². The van der Waals surface area contributed by atoms with Crippen LogP contribution >= 0.6 is 11.3 Å². The lowest BCUT2D eigenvalue weighted by molar-refractivity contribution is 0.865. The minimum absolute atomic E-state index is 0.666. The molecule has 0 spiro atoms. The van der Waals surface area contributed by atoms with E-state index in [0.29, 0.717) is 5.82 Å². The number of nitrogens with zero attached hydrogens (tertiary/aromatic N) is 6. The highest BCUT2D eigenvalue weighted by Crippen LogP contribution is 2.30. The molecule has 0 amide bonds. The van der Waals surface area contributed by atoms with Crippen LogP contribution in [0.25, 0.3) is 10.7 Å². The van der Waals surface area contributed by atoms with Gasteiger partial charge in [-0.05, 0) is 56.0 Å². The molecule has 1 aliphatic rings. The lowest BCUT2D eigenvalue weighted by Crippen LogP contribution is -2.21. The fraction of sp³-hybridized carbons (Fsp3) is 0.200. The molecule has 2 aromatic carbocycles. The summed E-state index contributed by atoms with van der Waals surface area (Å²) < 4.78 is 1.81. The Morgan fingerprint density at radius 2 is 1.72 bits per heavy atom. The van der Waals surface area contributed by atoms with Crippen LogP contribution in [-0.2, 0) is 0 Å². The van der Waals surface area contributed by atoms with E-state index in [1.165, 1.54) is 5.69 Å². The van der Waals surface area contributed by atoms with Gasteiger partial charge in [0.2, 0.25) is 5.82 Å². The lowest BCUT2D eigenvalue weighted by Gasteiger charge is -2.21. The van der Waals surface area contributed by atoms with E-state index in [1.807, 2.05) is 40.4 Å².